The highest BCUT2D eigenvalue weighted by atomic mass is 32.2. The predicted octanol–water partition coefficient (Wildman–Crippen LogP) is 1.37. The van der Waals surface area contributed by atoms with Crippen LogP contribution in [0.2, 0.25) is 0 Å². The van der Waals surface area contributed by atoms with Crippen molar-refractivity contribution in [3.05, 3.63) is 48.3 Å². The second-order valence-corrected chi connectivity index (χ2v) is 7.74. The second-order valence-electron chi connectivity index (χ2n) is 5.97. The molecule has 1 saturated carbocycles. The van der Waals surface area contributed by atoms with Gasteiger partial charge in [-0.2, -0.15) is 5.10 Å². The van der Waals surface area contributed by atoms with Gasteiger partial charge in [0.1, 0.15) is 4.90 Å². The summed E-state index contributed by atoms with van der Waals surface area (Å²) < 4.78 is 28.8. The minimum absolute atomic E-state index is 0.00383. The van der Waals surface area contributed by atoms with Gasteiger partial charge in [-0.3, -0.25) is 4.68 Å². The SMILES string of the molecule is O=S(=O)(NCC1CCCC1O)c1cnn(Cc2ccccc2)c1. The van der Waals surface area contributed by atoms with Crippen molar-refractivity contribution in [3.8, 4) is 0 Å². The van der Waals surface area contributed by atoms with E-state index in [1.807, 2.05) is 30.3 Å². The van der Waals surface area contributed by atoms with E-state index in [0.717, 1.165) is 24.8 Å². The second kappa shape index (κ2) is 6.82. The van der Waals surface area contributed by atoms with E-state index < -0.39 is 16.1 Å². The van der Waals surface area contributed by atoms with Gasteiger partial charge in [0.2, 0.25) is 10.0 Å². The van der Waals surface area contributed by atoms with Crippen LogP contribution in [0.5, 0.6) is 0 Å². The van der Waals surface area contributed by atoms with Crippen LogP contribution in [-0.4, -0.2) is 36.0 Å². The van der Waals surface area contributed by atoms with Gasteiger partial charge < -0.3 is 5.11 Å². The molecule has 2 atom stereocenters. The fourth-order valence-electron chi connectivity index (χ4n) is 2.90. The van der Waals surface area contributed by atoms with Crippen LogP contribution in [-0.2, 0) is 16.6 Å². The smallest absolute Gasteiger partial charge is 0.243 e. The van der Waals surface area contributed by atoms with Gasteiger partial charge in [0.15, 0.2) is 0 Å². The van der Waals surface area contributed by atoms with Crippen molar-refractivity contribution in [2.75, 3.05) is 6.54 Å². The molecule has 23 heavy (non-hydrogen) atoms. The molecule has 2 unspecified atom stereocenters. The molecule has 1 heterocycles. The van der Waals surface area contributed by atoms with Crippen LogP contribution in [0, 0.1) is 5.92 Å². The maximum atomic E-state index is 12.3. The molecular weight excluding hydrogens is 314 g/mol. The minimum Gasteiger partial charge on any atom is -0.393 e. The Labute approximate surface area is 136 Å². The highest BCUT2D eigenvalue weighted by Gasteiger charge is 2.27. The summed E-state index contributed by atoms with van der Waals surface area (Å²) in [4.78, 5) is 0.154. The minimum atomic E-state index is -3.59. The lowest BCUT2D eigenvalue weighted by atomic mass is 10.1. The van der Waals surface area contributed by atoms with Crippen LogP contribution in [0.4, 0.5) is 0 Å². The number of rotatable bonds is 6. The van der Waals surface area contributed by atoms with E-state index in [2.05, 4.69) is 9.82 Å². The lowest BCUT2D eigenvalue weighted by Gasteiger charge is -2.14. The zero-order chi connectivity index (χ0) is 16.3. The number of hydrogen-bond acceptors (Lipinski definition) is 4. The van der Waals surface area contributed by atoms with Crippen molar-refractivity contribution in [2.24, 2.45) is 5.92 Å². The van der Waals surface area contributed by atoms with Gasteiger partial charge in [0, 0.05) is 12.7 Å². The summed E-state index contributed by atoms with van der Waals surface area (Å²) in [5.74, 6) is 0.00383. The topological polar surface area (TPSA) is 84.2 Å². The van der Waals surface area contributed by atoms with Crippen molar-refractivity contribution in [1.29, 1.82) is 0 Å². The van der Waals surface area contributed by atoms with E-state index in [-0.39, 0.29) is 17.4 Å². The van der Waals surface area contributed by atoms with E-state index in [0.29, 0.717) is 6.54 Å². The van der Waals surface area contributed by atoms with Crippen LogP contribution in [0.3, 0.4) is 0 Å². The molecule has 1 aliphatic rings. The number of aliphatic hydroxyl groups excluding tert-OH is 1. The van der Waals surface area contributed by atoms with Gasteiger partial charge in [-0.15, -0.1) is 0 Å². The Morgan fingerprint density at radius 3 is 2.74 bits per heavy atom. The molecule has 0 bridgehead atoms. The predicted molar refractivity (Wildman–Crippen MR) is 86.3 cm³/mol. The first-order valence-corrected chi connectivity index (χ1v) is 9.27. The molecule has 0 saturated heterocycles. The highest BCUT2D eigenvalue weighted by molar-refractivity contribution is 7.89. The summed E-state index contributed by atoms with van der Waals surface area (Å²) >= 11 is 0. The van der Waals surface area contributed by atoms with Crippen molar-refractivity contribution in [3.63, 3.8) is 0 Å². The molecule has 1 aromatic heterocycles. The van der Waals surface area contributed by atoms with Crippen molar-refractivity contribution < 1.29 is 13.5 Å². The van der Waals surface area contributed by atoms with Crippen LogP contribution in [0.1, 0.15) is 24.8 Å². The van der Waals surface area contributed by atoms with Crippen molar-refractivity contribution in [2.45, 2.75) is 36.8 Å². The van der Waals surface area contributed by atoms with E-state index in [1.54, 1.807) is 4.68 Å². The molecular formula is C16H21N3O3S. The third-order valence-corrected chi connectivity index (χ3v) is 5.64. The molecule has 1 aromatic carbocycles. The maximum Gasteiger partial charge on any atom is 0.243 e. The highest BCUT2D eigenvalue weighted by Crippen LogP contribution is 2.25. The molecule has 0 spiro atoms. The third kappa shape index (κ3) is 3.99. The van der Waals surface area contributed by atoms with Crippen LogP contribution in [0.15, 0.2) is 47.6 Å². The average molecular weight is 335 g/mol. The van der Waals surface area contributed by atoms with E-state index >= 15 is 0 Å². The first-order valence-electron chi connectivity index (χ1n) is 7.79. The third-order valence-electron chi connectivity index (χ3n) is 4.26. The van der Waals surface area contributed by atoms with E-state index in [4.69, 9.17) is 0 Å². The number of hydrogen-bond donors (Lipinski definition) is 2. The Morgan fingerprint density at radius 2 is 2.04 bits per heavy atom. The van der Waals surface area contributed by atoms with Gasteiger partial charge >= 0.3 is 0 Å². The van der Waals surface area contributed by atoms with Crippen LogP contribution in [0.25, 0.3) is 0 Å². The molecule has 2 aromatic rings. The van der Waals surface area contributed by atoms with Gasteiger partial charge in [0.25, 0.3) is 0 Å². The summed E-state index contributed by atoms with van der Waals surface area (Å²) in [6, 6.07) is 9.74. The fraction of sp³-hybridized carbons (Fsp3) is 0.438. The lowest BCUT2D eigenvalue weighted by Crippen LogP contribution is -2.32. The number of aromatic nitrogens is 2. The molecule has 1 aliphatic carbocycles. The Bertz CT molecular complexity index is 743. The van der Waals surface area contributed by atoms with E-state index in [1.165, 1.54) is 12.4 Å². The normalized spacial score (nSPS) is 21.6. The Morgan fingerprint density at radius 1 is 1.26 bits per heavy atom. The van der Waals surface area contributed by atoms with Gasteiger partial charge in [0.05, 0.1) is 18.8 Å². The van der Waals surface area contributed by atoms with E-state index in [9.17, 15) is 13.5 Å². The molecule has 6 nitrogen and oxygen atoms in total. The summed E-state index contributed by atoms with van der Waals surface area (Å²) in [6.45, 7) is 0.797. The number of nitrogens with zero attached hydrogens (tertiary/aromatic N) is 2. The fourth-order valence-corrected chi connectivity index (χ4v) is 3.94. The Hall–Kier alpha value is -1.70. The van der Waals surface area contributed by atoms with Crippen molar-refractivity contribution >= 4 is 10.0 Å². The standard InChI is InChI=1S/C16H21N3O3S/c20-16-8-4-7-14(16)9-18-23(21,22)15-10-17-19(12-15)11-13-5-2-1-3-6-13/h1-3,5-6,10,12,14,16,18,20H,4,7-9,11H2. The Kier molecular flexibility index (Phi) is 4.79. The van der Waals surface area contributed by atoms with Crippen LogP contribution >= 0.6 is 0 Å². The summed E-state index contributed by atoms with van der Waals surface area (Å²) in [7, 11) is -3.59. The number of aliphatic hydroxyl groups is 1. The summed E-state index contributed by atoms with van der Waals surface area (Å²) in [5.41, 5.74) is 1.06. The zero-order valence-corrected chi connectivity index (χ0v) is 13.6. The molecule has 3 rings (SSSR count). The molecule has 0 amide bonds. The number of sulfonamides is 1. The monoisotopic (exact) mass is 335 g/mol. The quantitative estimate of drug-likeness (QED) is 0.835. The maximum absolute atomic E-state index is 12.3. The summed E-state index contributed by atoms with van der Waals surface area (Å²) in [6.07, 6.45) is 5.04. The number of nitrogens with one attached hydrogen (secondary N) is 1. The number of benzene rings is 1. The molecule has 0 radical (unpaired) electrons. The summed E-state index contributed by atoms with van der Waals surface area (Å²) in [5, 5.41) is 13.9. The lowest BCUT2D eigenvalue weighted by molar-refractivity contribution is 0.134. The van der Waals surface area contributed by atoms with Gasteiger partial charge in [-0.1, -0.05) is 36.8 Å². The average Bonchev–Trinajstić information content (AvgIpc) is 3.16. The largest absolute Gasteiger partial charge is 0.393 e. The molecule has 124 valence electrons. The van der Waals surface area contributed by atoms with Gasteiger partial charge in [-0.05, 0) is 24.3 Å². The molecule has 2 N–H and O–H groups in total. The molecule has 0 aliphatic heterocycles. The van der Waals surface area contributed by atoms with Crippen LogP contribution < -0.4 is 4.72 Å². The Balaban J connectivity index is 1.64. The van der Waals surface area contributed by atoms with Crippen molar-refractivity contribution in [1.82, 2.24) is 14.5 Å². The zero-order valence-electron chi connectivity index (χ0n) is 12.8. The van der Waals surface area contributed by atoms with Gasteiger partial charge in [-0.25, -0.2) is 13.1 Å². The first kappa shape index (κ1) is 16.2. The molecule has 1 fully saturated rings. The molecule has 7 heteroatoms. The first-order chi connectivity index (χ1) is 11.0.